The molecule has 0 spiro atoms. The van der Waals surface area contributed by atoms with Gasteiger partial charge < -0.3 is 24.0 Å². The molecule has 2 aliphatic rings. The molecule has 2 fully saturated rings. The first-order valence-electron chi connectivity index (χ1n) is 9.62. The normalized spacial score (nSPS) is 20.8. The Balaban J connectivity index is 1.73. The third-order valence-corrected chi connectivity index (χ3v) is 6.53. The lowest BCUT2D eigenvalue weighted by Gasteiger charge is -2.29. The highest BCUT2D eigenvalue weighted by Gasteiger charge is 2.35. The van der Waals surface area contributed by atoms with Gasteiger partial charge in [-0.05, 0) is 51.0 Å². The molecule has 0 aliphatic carbocycles. The molecule has 150 valence electrons. The number of hydrogen-bond acceptors (Lipinski definition) is 6. The lowest BCUT2D eigenvalue weighted by molar-refractivity contribution is -0.128. The Kier molecular flexibility index (Phi) is 7.13. The first-order chi connectivity index (χ1) is 13.2. The Morgan fingerprint density at radius 1 is 1.00 bits per heavy atom. The highest BCUT2D eigenvalue weighted by molar-refractivity contribution is 8.00. The van der Waals surface area contributed by atoms with E-state index in [0.29, 0.717) is 23.0 Å². The number of hydrogen-bond donors (Lipinski definition) is 0. The Labute approximate surface area is 166 Å². The summed E-state index contributed by atoms with van der Waals surface area (Å²) in [4.78, 5) is 17.0. The summed E-state index contributed by atoms with van der Waals surface area (Å²) in [5.74, 6) is 2.55. The molecule has 0 saturated carbocycles. The van der Waals surface area contributed by atoms with E-state index < -0.39 is 0 Å². The number of benzene rings is 1. The smallest absolute Gasteiger partial charge is 0.233 e. The standard InChI is InChI=1S/C20H30N2O4S/c1-24-16-9-8-15(18(25-2)19(16)26-3)20-22(17(23)14-27-20)13-7-12-21-10-5-4-6-11-21/h8-9,20H,4-7,10-14H2,1-3H3. The maximum atomic E-state index is 12.5. The first kappa shape index (κ1) is 20.1. The number of likely N-dealkylation sites (tertiary alicyclic amines) is 1. The predicted octanol–water partition coefficient (Wildman–Crippen LogP) is 3.16. The summed E-state index contributed by atoms with van der Waals surface area (Å²) in [5, 5.41) is -0.0476. The maximum absolute atomic E-state index is 12.5. The van der Waals surface area contributed by atoms with Crippen molar-refractivity contribution in [1.29, 1.82) is 0 Å². The molecule has 2 heterocycles. The van der Waals surface area contributed by atoms with Gasteiger partial charge in [-0.15, -0.1) is 11.8 Å². The fourth-order valence-corrected chi connectivity index (χ4v) is 5.15. The van der Waals surface area contributed by atoms with Crippen LogP contribution in [0.4, 0.5) is 0 Å². The van der Waals surface area contributed by atoms with Crippen LogP contribution in [-0.2, 0) is 4.79 Å². The zero-order valence-electron chi connectivity index (χ0n) is 16.5. The van der Waals surface area contributed by atoms with E-state index in [-0.39, 0.29) is 11.3 Å². The largest absolute Gasteiger partial charge is 0.493 e. The van der Waals surface area contributed by atoms with Crippen LogP contribution in [-0.4, -0.2) is 69.0 Å². The second kappa shape index (κ2) is 9.55. The van der Waals surface area contributed by atoms with Crippen molar-refractivity contribution >= 4 is 17.7 Å². The van der Waals surface area contributed by atoms with Gasteiger partial charge in [0.1, 0.15) is 5.37 Å². The van der Waals surface area contributed by atoms with E-state index in [0.717, 1.165) is 25.1 Å². The van der Waals surface area contributed by atoms with Crippen LogP contribution in [0.3, 0.4) is 0 Å². The molecule has 7 heteroatoms. The first-order valence-corrected chi connectivity index (χ1v) is 10.7. The van der Waals surface area contributed by atoms with Crippen molar-refractivity contribution in [2.75, 3.05) is 53.3 Å². The SMILES string of the molecule is COc1ccc(C2SCC(=O)N2CCCN2CCCCC2)c(OC)c1OC. The summed E-state index contributed by atoms with van der Waals surface area (Å²) in [6.45, 7) is 4.21. The minimum Gasteiger partial charge on any atom is -0.493 e. The molecule has 1 atom stereocenters. The molecule has 0 bridgehead atoms. The molecular formula is C20H30N2O4S. The molecule has 1 aromatic carbocycles. The average Bonchev–Trinajstić information content (AvgIpc) is 3.07. The predicted molar refractivity (Wildman–Crippen MR) is 108 cm³/mol. The summed E-state index contributed by atoms with van der Waals surface area (Å²) in [6.07, 6.45) is 4.94. The Bertz CT molecular complexity index is 649. The van der Waals surface area contributed by atoms with Crippen LogP contribution in [0.2, 0.25) is 0 Å². The molecule has 3 rings (SSSR count). The molecule has 27 heavy (non-hydrogen) atoms. The van der Waals surface area contributed by atoms with E-state index in [2.05, 4.69) is 4.90 Å². The molecule has 2 aliphatic heterocycles. The van der Waals surface area contributed by atoms with Crippen LogP contribution in [0.5, 0.6) is 17.2 Å². The van der Waals surface area contributed by atoms with Gasteiger partial charge in [0, 0.05) is 12.1 Å². The second-order valence-electron chi connectivity index (χ2n) is 6.93. The molecule has 1 aromatic rings. The number of methoxy groups -OCH3 is 3. The number of carbonyl (C=O) groups excluding carboxylic acids is 1. The van der Waals surface area contributed by atoms with Gasteiger partial charge in [-0.25, -0.2) is 0 Å². The fraction of sp³-hybridized carbons (Fsp3) is 0.650. The monoisotopic (exact) mass is 394 g/mol. The Hall–Kier alpha value is -1.60. The maximum Gasteiger partial charge on any atom is 0.233 e. The van der Waals surface area contributed by atoms with Crippen LogP contribution in [0, 0.1) is 0 Å². The topological polar surface area (TPSA) is 51.2 Å². The van der Waals surface area contributed by atoms with E-state index in [1.807, 2.05) is 17.0 Å². The number of ether oxygens (including phenoxy) is 3. The Morgan fingerprint density at radius 2 is 1.74 bits per heavy atom. The second-order valence-corrected chi connectivity index (χ2v) is 8.00. The molecule has 0 aromatic heterocycles. The van der Waals surface area contributed by atoms with Crippen LogP contribution < -0.4 is 14.2 Å². The third-order valence-electron chi connectivity index (χ3n) is 5.29. The van der Waals surface area contributed by atoms with Gasteiger partial charge >= 0.3 is 0 Å². The van der Waals surface area contributed by atoms with Crippen molar-refractivity contribution < 1.29 is 19.0 Å². The van der Waals surface area contributed by atoms with Crippen molar-refractivity contribution in [1.82, 2.24) is 9.80 Å². The van der Waals surface area contributed by atoms with Crippen molar-refractivity contribution in [2.45, 2.75) is 31.1 Å². The van der Waals surface area contributed by atoms with E-state index in [4.69, 9.17) is 14.2 Å². The molecule has 1 amide bonds. The van der Waals surface area contributed by atoms with Gasteiger partial charge in [0.05, 0.1) is 27.1 Å². The van der Waals surface area contributed by atoms with Gasteiger partial charge in [-0.2, -0.15) is 0 Å². The summed E-state index contributed by atoms with van der Waals surface area (Å²) < 4.78 is 16.5. The van der Waals surface area contributed by atoms with Gasteiger partial charge in [0.25, 0.3) is 0 Å². The van der Waals surface area contributed by atoms with Crippen molar-refractivity contribution in [3.8, 4) is 17.2 Å². The number of rotatable bonds is 8. The van der Waals surface area contributed by atoms with Crippen molar-refractivity contribution in [3.05, 3.63) is 17.7 Å². The number of piperidine rings is 1. The van der Waals surface area contributed by atoms with Crippen LogP contribution in [0.1, 0.15) is 36.6 Å². The number of amides is 1. The average molecular weight is 395 g/mol. The van der Waals surface area contributed by atoms with Gasteiger partial charge in [-0.3, -0.25) is 4.79 Å². The number of thioether (sulfide) groups is 1. The van der Waals surface area contributed by atoms with Crippen LogP contribution in [0.25, 0.3) is 0 Å². The van der Waals surface area contributed by atoms with E-state index >= 15 is 0 Å². The summed E-state index contributed by atoms with van der Waals surface area (Å²) in [7, 11) is 4.84. The third kappa shape index (κ3) is 4.46. The van der Waals surface area contributed by atoms with Crippen LogP contribution >= 0.6 is 11.8 Å². The van der Waals surface area contributed by atoms with Crippen molar-refractivity contribution in [2.24, 2.45) is 0 Å². The van der Waals surface area contributed by atoms with Gasteiger partial charge in [-0.1, -0.05) is 6.42 Å². The van der Waals surface area contributed by atoms with Crippen LogP contribution in [0.15, 0.2) is 12.1 Å². The number of carbonyl (C=O) groups is 1. The summed E-state index contributed by atoms with van der Waals surface area (Å²) in [5.41, 5.74) is 0.962. The Morgan fingerprint density at radius 3 is 2.41 bits per heavy atom. The summed E-state index contributed by atoms with van der Waals surface area (Å²) >= 11 is 1.65. The molecule has 2 saturated heterocycles. The van der Waals surface area contributed by atoms with E-state index in [1.165, 1.54) is 32.4 Å². The lowest BCUT2D eigenvalue weighted by atomic mass is 10.1. The highest BCUT2D eigenvalue weighted by atomic mass is 32.2. The molecule has 6 nitrogen and oxygen atoms in total. The van der Waals surface area contributed by atoms with Gasteiger partial charge in [0.15, 0.2) is 11.5 Å². The zero-order valence-corrected chi connectivity index (χ0v) is 17.3. The number of nitrogens with zero attached hydrogens (tertiary/aromatic N) is 2. The quantitative estimate of drug-likeness (QED) is 0.675. The van der Waals surface area contributed by atoms with Gasteiger partial charge in [0.2, 0.25) is 11.7 Å². The zero-order chi connectivity index (χ0) is 19.2. The fourth-order valence-electron chi connectivity index (χ4n) is 3.92. The molecule has 0 radical (unpaired) electrons. The molecular weight excluding hydrogens is 364 g/mol. The highest BCUT2D eigenvalue weighted by Crippen LogP contribution is 2.48. The summed E-state index contributed by atoms with van der Waals surface area (Å²) in [6, 6.07) is 3.86. The molecule has 1 unspecified atom stereocenters. The minimum atomic E-state index is -0.0476. The lowest BCUT2D eigenvalue weighted by Crippen LogP contribution is -2.34. The minimum absolute atomic E-state index is 0.0476. The van der Waals surface area contributed by atoms with E-state index in [9.17, 15) is 4.79 Å². The van der Waals surface area contributed by atoms with Crippen molar-refractivity contribution in [3.63, 3.8) is 0 Å². The van der Waals surface area contributed by atoms with E-state index in [1.54, 1.807) is 33.1 Å². The molecule has 0 N–H and O–H groups in total.